The number of ether oxygens (including phenoxy) is 1. The molecule has 0 radical (unpaired) electrons. The summed E-state index contributed by atoms with van der Waals surface area (Å²) >= 11 is 0. The van der Waals surface area contributed by atoms with Crippen LogP contribution >= 0.6 is 0 Å². The Morgan fingerprint density at radius 2 is 1.64 bits per heavy atom. The third-order valence-electron chi connectivity index (χ3n) is 2.78. The summed E-state index contributed by atoms with van der Waals surface area (Å²) in [6.45, 7) is 12.6. The van der Waals surface area contributed by atoms with Crippen molar-refractivity contribution in [3.8, 4) is 0 Å². The molecule has 0 aliphatic carbocycles. The summed E-state index contributed by atoms with van der Waals surface area (Å²) in [5.41, 5.74) is 2.42. The normalized spacial score (nSPS) is 15.1. The Bertz CT molecular complexity index is 226. The highest BCUT2D eigenvalue weighted by Gasteiger charge is 2.18. The molecule has 14 heavy (non-hydrogen) atoms. The monoisotopic (exact) mass is 198 g/mol. The first-order valence-corrected chi connectivity index (χ1v) is 5.25. The summed E-state index contributed by atoms with van der Waals surface area (Å²) in [5.74, 6) is 0.259. The van der Waals surface area contributed by atoms with E-state index in [0.717, 1.165) is 5.57 Å². The third-order valence-corrected chi connectivity index (χ3v) is 2.78. The van der Waals surface area contributed by atoms with Crippen LogP contribution in [0.2, 0.25) is 0 Å². The van der Waals surface area contributed by atoms with Gasteiger partial charge in [-0.2, -0.15) is 0 Å². The van der Waals surface area contributed by atoms with E-state index in [9.17, 15) is 4.79 Å². The first-order chi connectivity index (χ1) is 6.41. The van der Waals surface area contributed by atoms with E-state index >= 15 is 0 Å². The number of esters is 1. The number of hydrogen-bond donors (Lipinski definition) is 0. The summed E-state index contributed by atoms with van der Waals surface area (Å²) in [4.78, 5) is 11.5. The molecule has 1 unspecified atom stereocenters. The molecule has 2 nitrogen and oxygen atoms in total. The van der Waals surface area contributed by atoms with Gasteiger partial charge < -0.3 is 4.74 Å². The molecule has 0 aliphatic rings. The van der Waals surface area contributed by atoms with Gasteiger partial charge in [0.2, 0.25) is 0 Å². The fourth-order valence-corrected chi connectivity index (χ4v) is 1.24. The lowest BCUT2D eigenvalue weighted by atomic mass is 9.92. The molecule has 2 heteroatoms. The van der Waals surface area contributed by atoms with Gasteiger partial charge in [0.05, 0.1) is 12.5 Å². The molecule has 0 fully saturated rings. The first-order valence-electron chi connectivity index (χ1n) is 5.25. The fraction of sp³-hybridized carbons (Fsp3) is 0.750. The Hall–Kier alpha value is -0.790. The lowest BCUT2D eigenvalue weighted by Crippen LogP contribution is -2.17. The molecule has 0 aromatic carbocycles. The van der Waals surface area contributed by atoms with E-state index < -0.39 is 0 Å². The van der Waals surface area contributed by atoms with Crippen LogP contribution in [0.15, 0.2) is 11.1 Å². The van der Waals surface area contributed by atoms with Gasteiger partial charge in [-0.05, 0) is 33.6 Å². The molecule has 0 N–H and O–H groups in total. The Kier molecular flexibility index (Phi) is 5.51. The van der Waals surface area contributed by atoms with Crippen molar-refractivity contribution < 1.29 is 9.53 Å². The molecular weight excluding hydrogens is 176 g/mol. The lowest BCUT2D eigenvalue weighted by Gasteiger charge is -2.16. The number of rotatable bonds is 4. The minimum absolute atomic E-state index is 0.114. The molecule has 0 rings (SSSR count). The smallest absolute Gasteiger partial charge is 0.312 e. The highest BCUT2D eigenvalue weighted by Crippen LogP contribution is 2.21. The largest absolute Gasteiger partial charge is 0.466 e. The topological polar surface area (TPSA) is 26.3 Å². The molecule has 0 heterocycles. The average Bonchev–Trinajstić information content (AvgIpc) is 2.14. The number of hydrogen-bond acceptors (Lipinski definition) is 2. The predicted molar refractivity (Wildman–Crippen MR) is 59.0 cm³/mol. The summed E-state index contributed by atoms with van der Waals surface area (Å²) < 4.78 is 4.98. The Morgan fingerprint density at radius 3 is 2.00 bits per heavy atom. The second-order valence-electron chi connectivity index (χ2n) is 3.99. The van der Waals surface area contributed by atoms with Crippen LogP contribution in [0.4, 0.5) is 0 Å². The summed E-state index contributed by atoms with van der Waals surface area (Å²) in [6, 6.07) is 0. The first kappa shape index (κ1) is 13.2. The quantitative estimate of drug-likeness (QED) is 0.512. The SMILES string of the molecule is CCOC(=O)C(C)/C(C)=C(\C)C(C)C. The standard InChI is InChI=1S/C12H22O2/c1-7-14-12(13)11(6)10(5)9(4)8(2)3/h8,11H,7H2,1-6H3/b10-9+. The van der Waals surface area contributed by atoms with Crippen LogP contribution in [0.25, 0.3) is 0 Å². The molecule has 0 saturated carbocycles. The fourth-order valence-electron chi connectivity index (χ4n) is 1.24. The van der Waals surface area contributed by atoms with Gasteiger partial charge in [0.25, 0.3) is 0 Å². The molecule has 0 amide bonds. The van der Waals surface area contributed by atoms with Gasteiger partial charge >= 0.3 is 5.97 Å². The van der Waals surface area contributed by atoms with Crippen molar-refractivity contribution in [3.63, 3.8) is 0 Å². The van der Waals surface area contributed by atoms with Crippen molar-refractivity contribution in [2.45, 2.75) is 41.5 Å². The zero-order valence-electron chi connectivity index (χ0n) is 10.2. The van der Waals surface area contributed by atoms with E-state index in [1.165, 1.54) is 5.57 Å². The van der Waals surface area contributed by atoms with Gasteiger partial charge in [0.15, 0.2) is 0 Å². The van der Waals surface area contributed by atoms with Gasteiger partial charge in [-0.15, -0.1) is 0 Å². The maximum Gasteiger partial charge on any atom is 0.312 e. The van der Waals surface area contributed by atoms with Crippen molar-refractivity contribution in [3.05, 3.63) is 11.1 Å². The van der Waals surface area contributed by atoms with Crippen LogP contribution < -0.4 is 0 Å². The maximum absolute atomic E-state index is 11.5. The lowest BCUT2D eigenvalue weighted by molar-refractivity contribution is -0.146. The number of allylic oxidation sites excluding steroid dienone is 1. The van der Waals surface area contributed by atoms with Gasteiger partial charge in [-0.3, -0.25) is 4.79 Å². The molecule has 0 aromatic heterocycles. The average molecular weight is 198 g/mol. The Balaban J connectivity index is 4.60. The van der Waals surface area contributed by atoms with Crippen LogP contribution in [-0.4, -0.2) is 12.6 Å². The van der Waals surface area contributed by atoms with Gasteiger partial charge in [-0.1, -0.05) is 25.0 Å². The number of carbonyl (C=O) groups excluding carboxylic acids is 1. The van der Waals surface area contributed by atoms with E-state index in [1.807, 2.05) is 20.8 Å². The summed E-state index contributed by atoms with van der Waals surface area (Å²) in [6.07, 6.45) is 0. The zero-order valence-corrected chi connectivity index (χ0v) is 10.2. The second kappa shape index (κ2) is 5.84. The summed E-state index contributed by atoms with van der Waals surface area (Å²) in [7, 11) is 0. The van der Waals surface area contributed by atoms with Crippen molar-refractivity contribution in [2.24, 2.45) is 11.8 Å². The molecule has 0 aliphatic heterocycles. The second-order valence-corrected chi connectivity index (χ2v) is 3.99. The Morgan fingerprint density at radius 1 is 1.14 bits per heavy atom. The highest BCUT2D eigenvalue weighted by atomic mass is 16.5. The zero-order chi connectivity index (χ0) is 11.3. The van der Waals surface area contributed by atoms with E-state index in [0.29, 0.717) is 12.5 Å². The van der Waals surface area contributed by atoms with Crippen molar-refractivity contribution >= 4 is 5.97 Å². The van der Waals surface area contributed by atoms with Crippen LogP contribution in [0.1, 0.15) is 41.5 Å². The van der Waals surface area contributed by atoms with Crippen molar-refractivity contribution in [2.75, 3.05) is 6.61 Å². The third kappa shape index (κ3) is 3.52. The molecule has 82 valence electrons. The van der Waals surface area contributed by atoms with E-state index in [4.69, 9.17) is 4.74 Å². The minimum atomic E-state index is -0.120. The molecule has 0 aromatic rings. The van der Waals surface area contributed by atoms with Crippen molar-refractivity contribution in [1.29, 1.82) is 0 Å². The minimum Gasteiger partial charge on any atom is -0.466 e. The number of carbonyl (C=O) groups is 1. The molecule has 1 atom stereocenters. The Labute approximate surface area is 87.3 Å². The van der Waals surface area contributed by atoms with E-state index in [2.05, 4.69) is 20.8 Å². The van der Waals surface area contributed by atoms with Gasteiger partial charge in [0.1, 0.15) is 0 Å². The van der Waals surface area contributed by atoms with E-state index in [1.54, 1.807) is 0 Å². The van der Waals surface area contributed by atoms with Gasteiger partial charge in [-0.25, -0.2) is 0 Å². The highest BCUT2D eigenvalue weighted by molar-refractivity contribution is 5.75. The van der Waals surface area contributed by atoms with Crippen LogP contribution in [-0.2, 0) is 9.53 Å². The van der Waals surface area contributed by atoms with Crippen LogP contribution in [0.3, 0.4) is 0 Å². The molecule has 0 bridgehead atoms. The maximum atomic E-state index is 11.5. The van der Waals surface area contributed by atoms with E-state index in [-0.39, 0.29) is 11.9 Å². The molecular formula is C12H22O2. The van der Waals surface area contributed by atoms with Crippen LogP contribution in [0, 0.1) is 11.8 Å². The van der Waals surface area contributed by atoms with Crippen molar-refractivity contribution in [1.82, 2.24) is 0 Å². The predicted octanol–water partition coefficient (Wildman–Crippen LogP) is 3.18. The van der Waals surface area contributed by atoms with Gasteiger partial charge in [0, 0.05) is 0 Å². The van der Waals surface area contributed by atoms with Crippen LogP contribution in [0.5, 0.6) is 0 Å². The molecule has 0 spiro atoms. The molecule has 0 saturated heterocycles. The summed E-state index contributed by atoms with van der Waals surface area (Å²) in [5, 5.41) is 0.